The highest BCUT2D eigenvalue weighted by Gasteiger charge is 2.28. The smallest absolute Gasteiger partial charge is 0.346 e. The Morgan fingerprint density at radius 3 is 2.67 bits per heavy atom. The van der Waals surface area contributed by atoms with Gasteiger partial charge in [0.15, 0.2) is 0 Å². The normalized spacial score (nSPS) is 24.9. The van der Waals surface area contributed by atoms with E-state index in [1.807, 2.05) is 5.32 Å². The Morgan fingerprint density at radius 1 is 1.33 bits per heavy atom. The highest BCUT2D eigenvalue weighted by atomic mass is 19.4. The van der Waals surface area contributed by atoms with E-state index >= 15 is 0 Å². The van der Waals surface area contributed by atoms with Gasteiger partial charge in [0, 0.05) is 6.04 Å². The number of halogens is 3. The summed E-state index contributed by atoms with van der Waals surface area (Å²) in [6.07, 6.45) is 1.15. The van der Waals surface area contributed by atoms with Gasteiger partial charge in [-0.1, -0.05) is 26.2 Å². The van der Waals surface area contributed by atoms with Crippen molar-refractivity contribution in [2.24, 2.45) is 5.92 Å². The molecule has 1 aliphatic rings. The van der Waals surface area contributed by atoms with Crippen LogP contribution in [0.4, 0.5) is 13.2 Å². The van der Waals surface area contributed by atoms with Gasteiger partial charge < -0.3 is 10.6 Å². The summed E-state index contributed by atoms with van der Waals surface area (Å²) in [5.74, 6) is 0.0837. The summed E-state index contributed by atoms with van der Waals surface area (Å²) >= 11 is 0. The van der Waals surface area contributed by atoms with E-state index in [2.05, 4.69) is 12.2 Å². The Bertz CT molecular complexity index is 269. The van der Waals surface area contributed by atoms with Gasteiger partial charge in [0.1, 0.15) is 6.54 Å². The van der Waals surface area contributed by atoms with Gasteiger partial charge in [-0.25, -0.2) is 0 Å². The van der Waals surface area contributed by atoms with Crippen molar-refractivity contribution in [3.63, 3.8) is 0 Å². The molecule has 0 heterocycles. The molecule has 1 aliphatic carbocycles. The van der Waals surface area contributed by atoms with Crippen LogP contribution in [0.25, 0.3) is 0 Å². The summed E-state index contributed by atoms with van der Waals surface area (Å²) in [5.41, 5.74) is 0. The first-order chi connectivity index (χ1) is 8.40. The van der Waals surface area contributed by atoms with Crippen molar-refractivity contribution in [1.29, 1.82) is 0 Å². The van der Waals surface area contributed by atoms with E-state index < -0.39 is 18.6 Å². The van der Waals surface area contributed by atoms with Crippen LogP contribution in [0.15, 0.2) is 0 Å². The lowest BCUT2D eigenvalue weighted by atomic mass is 9.84. The van der Waals surface area contributed by atoms with E-state index in [9.17, 15) is 18.0 Å². The van der Waals surface area contributed by atoms with Gasteiger partial charge in [-0.05, 0) is 18.8 Å². The predicted octanol–water partition coefficient (Wildman–Crippen LogP) is 2.22. The Hall–Kier alpha value is -0.780. The SMILES string of the molecule is CCC1CCCC(NCC(=O)NCC(F)(F)F)C1. The second kappa shape index (κ2) is 6.97. The predicted molar refractivity (Wildman–Crippen MR) is 63.1 cm³/mol. The molecular formula is C12H21F3N2O. The average Bonchev–Trinajstić information content (AvgIpc) is 2.33. The third-order valence-electron chi connectivity index (χ3n) is 3.40. The summed E-state index contributed by atoms with van der Waals surface area (Å²) in [6, 6.07) is 0.264. The number of nitrogens with one attached hydrogen (secondary N) is 2. The van der Waals surface area contributed by atoms with Crippen LogP contribution in [0.3, 0.4) is 0 Å². The van der Waals surface area contributed by atoms with E-state index in [1.54, 1.807) is 0 Å². The van der Waals surface area contributed by atoms with Crippen molar-refractivity contribution in [3.8, 4) is 0 Å². The summed E-state index contributed by atoms with van der Waals surface area (Å²) in [4.78, 5) is 11.2. The number of carbonyl (C=O) groups excluding carboxylic acids is 1. The molecule has 0 aromatic heterocycles. The van der Waals surface area contributed by atoms with Gasteiger partial charge in [-0.15, -0.1) is 0 Å². The first kappa shape index (κ1) is 15.3. The molecule has 3 nitrogen and oxygen atoms in total. The Morgan fingerprint density at radius 2 is 2.06 bits per heavy atom. The highest BCUT2D eigenvalue weighted by Crippen LogP contribution is 2.26. The minimum absolute atomic E-state index is 0.0306. The monoisotopic (exact) mass is 266 g/mol. The minimum Gasteiger partial charge on any atom is -0.346 e. The summed E-state index contributed by atoms with van der Waals surface area (Å²) < 4.78 is 35.6. The molecule has 1 rings (SSSR count). The molecule has 106 valence electrons. The van der Waals surface area contributed by atoms with Crippen LogP contribution in [0.1, 0.15) is 39.0 Å². The van der Waals surface area contributed by atoms with Crippen molar-refractivity contribution in [1.82, 2.24) is 10.6 Å². The molecule has 0 aromatic carbocycles. The van der Waals surface area contributed by atoms with Gasteiger partial charge in [0.2, 0.25) is 5.91 Å². The fraction of sp³-hybridized carbons (Fsp3) is 0.917. The molecule has 0 radical (unpaired) electrons. The number of carbonyl (C=O) groups is 1. The molecule has 1 amide bonds. The molecule has 1 fully saturated rings. The fourth-order valence-corrected chi connectivity index (χ4v) is 2.35. The van der Waals surface area contributed by atoms with Crippen molar-refractivity contribution in [2.45, 2.75) is 51.2 Å². The van der Waals surface area contributed by atoms with Gasteiger partial charge >= 0.3 is 6.18 Å². The average molecular weight is 266 g/mol. The maximum atomic E-state index is 11.9. The Balaban J connectivity index is 2.18. The number of rotatable bonds is 5. The molecule has 18 heavy (non-hydrogen) atoms. The Labute approximate surface area is 106 Å². The van der Waals surface area contributed by atoms with Gasteiger partial charge in [0.25, 0.3) is 0 Å². The summed E-state index contributed by atoms with van der Waals surface area (Å²) in [5, 5.41) is 4.90. The zero-order valence-corrected chi connectivity index (χ0v) is 10.6. The van der Waals surface area contributed by atoms with Crippen LogP contribution in [0.5, 0.6) is 0 Å². The number of amides is 1. The third-order valence-corrected chi connectivity index (χ3v) is 3.40. The zero-order chi connectivity index (χ0) is 13.6. The fourth-order valence-electron chi connectivity index (χ4n) is 2.35. The van der Waals surface area contributed by atoms with Crippen LogP contribution in [0.2, 0.25) is 0 Å². The second-order valence-electron chi connectivity index (χ2n) is 4.91. The lowest BCUT2D eigenvalue weighted by molar-refractivity contribution is -0.138. The molecule has 6 heteroatoms. The van der Waals surface area contributed by atoms with Gasteiger partial charge in [-0.3, -0.25) is 4.79 Å². The van der Waals surface area contributed by atoms with Crippen LogP contribution < -0.4 is 10.6 Å². The lowest BCUT2D eigenvalue weighted by Gasteiger charge is -2.29. The van der Waals surface area contributed by atoms with Crippen LogP contribution in [0, 0.1) is 5.92 Å². The molecule has 1 saturated carbocycles. The highest BCUT2D eigenvalue weighted by molar-refractivity contribution is 5.78. The second-order valence-corrected chi connectivity index (χ2v) is 4.91. The molecule has 0 aromatic rings. The Kier molecular flexibility index (Phi) is 5.91. The molecule has 2 atom stereocenters. The van der Waals surface area contributed by atoms with E-state index in [0.717, 1.165) is 25.7 Å². The number of alkyl halides is 3. The van der Waals surface area contributed by atoms with Crippen molar-refractivity contribution >= 4 is 5.91 Å². The number of hydrogen-bond donors (Lipinski definition) is 2. The van der Waals surface area contributed by atoms with Crippen LogP contribution in [-0.2, 0) is 4.79 Å². The maximum Gasteiger partial charge on any atom is 0.405 e. The summed E-state index contributed by atoms with van der Waals surface area (Å²) in [6.45, 7) is 0.857. The van der Waals surface area contributed by atoms with E-state index in [4.69, 9.17) is 0 Å². The van der Waals surface area contributed by atoms with E-state index in [0.29, 0.717) is 5.92 Å². The van der Waals surface area contributed by atoms with E-state index in [1.165, 1.54) is 6.42 Å². The molecular weight excluding hydrogens is 245 g/mol. The van der Waals surface area contributed by atoms with Crippen LogP contribution >= 0.6 is 0 Å². The molecule has 0 saturated heterocycles. The molecule has 2 unspecified atom stereocenters. The van der Waals surface area contributed by atoms with Crippen molar-refractivity contribution in [3.05, 3.63) is 0 Å². The maximum absolute atomic E-state index is 11.9. The molecule has 0 bridgehead atoms. The first-order valence-electron chi connectivity index (χ1n) is 6.47. The zero-order valence-electron chi connectivity index (χ0n) is 10.6. The first-order valence-corrected chi connectivity index (χ1v) is 6.47. The third kappa shape index (κ3) is 6.23. The van der Waals surface area contributed by atoms with Gasteiger partial charge in [0.05, 0.1) is 6.54 Å². The van der Waals surface area contributed by atoms with Crippen molar-refractivity contribution < 1.29 is 18.0 Å². The molecule has 2 N–H and O–H groups in total. The van der Waals surface area contributed by atoms with E-state index in [-0.39, 0.29) is 12.6 Å². The molecule has 0 spiro atoms. The van der Waals surface area contributed by atoms with Gasteiger partial charge in [-0.2, -0.15) is 13.2 Å². The van der Waals surface area contributed by atoms with Crippen molar-refractivity contribution in [2.75, 3.05) is 13.1 Å². The number of hydrogen-bond acceptors (Lipinski definition) is 2. The minimum atomic E-state index is -4.34. The largest absolute Gasteiger partial charge is 0.405 e. The quantitative estimate of drug-likeness (QED) is 0.801. The van der Waals surface area contributed by atoms with Crippen LogP contribution in [-0.4, -0.2) is 31.2 Å². The standard InChI is InChI=1S/C12H21F3N2O/c1-2-9-4-3-5-10(6-9)16-7-11(18)17-8-12(13,14)15/h9-10,16H,2-8H2,1H3,(H,17,18). The lowest BCUT2D eigenvalue weighted by Crippen LogP contribution is -2.43. The molecule has 0 aliphatic heterocycles. The topological polar surface area (TPSA) is 41.1 Å². The summed E-state index contributed by atoms with van der Waals surface area (Å²) in [7, 11) is 0.